The number of hydrogen-bond acceptors (Lipinski definition) is 6. The quantitative estimate of drug-likeness (QED) is 0.671. The zero-order valence-corrected chi connectivity index (χ0v) is 13.0. The molecule has 0 radical (unpaired) electrons. The Morgan fingerprint density at radius 1 is 1.25 bits per heavy atom. The van der Waals surface area contributed by atoms with Gasteiger partial charge in [-0.3, -0.25) is 9.78 Å². The van der Waals surface area contributed by atoms with Crippen LogP contribution in [-0.2, 0) is 9.53 Å². The van der Waals surface area contributed by atoms with Crippen molar-refractivity contribution < 1.29 is 18.7 Å². The molecule has 2 heterocycles. The van der Waals surface area contributed by atoms with Gasteiger partial charge in [0.25, 0.3) is 0 Å². The summed E-state index contributed by atoms with van der Waals surface area (Å²) >= 11 is 0. The third-order valence-corrected chi connectivity index (χ3v) is 3.35. The van der Waals surface area contributed by atoms with E-state index in [1.165, 1.54) is 6.26 Å². The first-order valence-electron chi connectivity index (χ1n) is 7.44. The maximum absolute atomic E-state index is 12.6. The molecular weight excluding hydrogens is 310 g/mol. The number of carbonyl (C=O) groups excluding carboxylic acids is 1. The Balaban J connectivity index is 1.90. The molecular formula is C18H15NO5. The van der Waals surface area contributed by atoms with Crippen LogP contribution >= 0.6 is 0 Å². The summed E-state index contributed by atoms with van der Waals surface area (Å²) in [5, 5.41) is 0.418. The van der Waals surface area contributed by atoms with E-state index >= 15 is 0 Å². The van der Waals surface area contributed by atoms with Crippen LogP contribution in [-0.4, -0.2) is 24.2 Å². The Hall–Kier alpha value is -3.15. The van der Waals surface area contributed by atoms with Crippen LogP contribution in [0.1, 0.15) is 6.92 Å². The molecule has 0 unspecified atom stereocenters. The summed E-state index contributed by atoms with van der Waals surface area (Å²) in [5.41, 5.74) is 1.15. The minimum absolute atomic E-state index is 0.174. The number of esters is 1. The Morgan fingerprint density at radius 2 is 2.12 bits per heavy atom. The molecule has 122 valence electrons. The van der Waals surface area contributed by atoms with Gasteiger partial charge in [0.1, 0.15) is 17.6 Å². The van der Waals surface area contributed by atoms with Crippen LogP contribution in [0.25, 0.3) is 22.2 Å². The highest BCUT2D eigenvalue weighted by Crippen LogP contribution is 2.22. The number of rotatable bonds is 5. The molecule has 3 aromatic rings. The van der Waals surface area contributed by atoms with Gasteiger partial charge in [0.2, 0.25) is 5.43 Å². The second kappa shape index (κ2) is 6.95. The highest BCUT2D eigenvalue weighted by Gasteiger charge is 2.11. The van der Waals surface area contributed by atoms with E-state index in [1.807, 2.05) is 0 Å². The number of nitrogens with zero attached hydrogens (tertiary/aromatic N) is 1. The lowest BCUT2D eigenvalue weighted by Gasteiger charge is -2.07. The summed E-state index contributed by atoms with van der Waals surface area (Å²) in [4.78, 5) is 28.0. The fourth-order valence-electron chi connectivity index (χ4n) is 2.24. The predicted molar refractivity (Wildman–Crippen MR) is 87.8 cm³/mol. The Bertz CT molecular complexity index is 918. The maximum atomic E-state index is 12.6. The summed E-state index contributed by atoms with van der Waals surface area (Å²) in [7, 11) is 0. The molecule has 0 N–H and O–H groups in total. The summed E-state index contributed by atoms with van der Waals surface area (Å²) < 4.78 is 15.7. The van der Waals surface area contributed by atoms with Crippen molar-refractivity contribution in [3.8, 4) is 17.0 Å². The van der Waals surface area contributed by atoms with Crippen LogP contribution in [0.5, 0.6) is 5.75 Å². The molecule has 0 amide bonds. The first-order chi connectivity index (χ1) is 11.7. The Labute approximate surface area is 137 Å². The minimum Gasteiger partial charge on any atom is -0.482 e. The van der Waals surface area contributed by atoms with Gasteiger partial charge >= 0.3 is 5.97 Å². The molecule has 0 saturated carbocycles. The number of benzene rings is 1. The van der Waals surface area contributed by atoms with Crippen LogP contribution in [0, 0.1) is 0 Å². The van der Waals surface area contributed by atoms with Gasteiger partial charge in [0.15, 0.2) is 6.61 Å². The molecule has 6 nitrogen and oxygen atoms in total. The lowest BCUT2D eigenvalue weighted by molar-refractivity contribution is -0.145. The molecule has 0 aliphatic rings. The molecule has 0 fully saturated rings. The van der Waals surface area contributed by atoms with Crippen molar-refractivity contribution >= 4 is 16.9 Å². The number of pyridine rings is 1. The largest absolute Gasteiger partial charge is 0.482 e. The number of ether oxygens (including phenoxy) is 2. The second-order valence-corrected chi connectivity index (χ2v) is 4.95. The standard InChI is InChI=1S/C18H15NO5/c1-2-22-17(20)11-23-12-6-7-13-16(9-12)24-10-14(18(13)21)15-5-3-4-8-19-15/h3-10H,2,11H2,1H3. The monoisotopic (exact) mass is 325 g/mol. The Morgan fingerprint density at radius 3 is 2.88 bits per heavy atom. The number of hydrogen-bond donors (Lipinski definition) is 0. The topological polar surface area (TPSA) is 78.6 Å². The number of fused-ring (bicyclic) bond motifs is 1. The summed E-state index contributed by atoms with van der Waals surface area (Å²) in [6.07, 6.45) is 2.99. The van der Waals surface area contributed by atoms with Crippen LogP contribution in [0.15, 0.2) is 58.1 Å². The molecule has 2 aromatic heterocycles. The molecule has 0 bridgehead atoms. The average molecular weight is 325 g/mol. The van der Waals surface area contributed by atoms with E-state index in [4.69, 9.17) is 13.9 Å². The molecule has 1 aromatic carbocycles. The van der Waals surface area contributed by atoms with Crippen molar-refractivity contribution in [3.63, 3.8) is 0 Å². The molecule has 24 heavy (non-hydrogen) atoms. The van der Waals surface area contributed by atoms with E-state index in [9.17, 15) is 9.59 Å². The number of carbonyl (C=O) groups is 1. The van der Waals surface area contributed by atoms with E-state index < -0.39 is 5.97 Å². The highest BCUT2D eigenvalue weighted by atomic mass is 16.6. The zero-order valence-electron chi connectivity index (χ0n) is 13.0. The van der Waals surface area contributed by atoms with E-state index in [-0.39, 0.29) is 12.0 Å². The molecule has 0 spiro atoms. The molecule has 6 heteroatoms. The van der Waals surface area contributed by atoms with Crippen molar-refractivity contribution in [2.24, 2.45) is 0 Å². The van der Waals surface area contributed by atoms with Gasteiger partial charge in [0.05, 0.1) is 23.3 Å². The van der Waals surface area contributed by atoms with Crippen molar-refractivity contribution in [2.75, 3.05) is 13.2 Å². The molecule has 0 saturated heterocycles. The van der Waals surface area contributed by atoms with Gasteiger partial charge in [-0.2, -0.15) is 0 Å². The van der Waals surface area contributed by atoms with Gasteiger partial charge in [0, 0.05) is 12.3 Å². The summed E-state index contributed by atoms with van der Waals surface area (Å²) in [6.45, 7) is 1.82. The smallest absolute Gasteiger partial charge is 0.344 e. The molecule has 0 atom stereocenters. The summed E-state index contributed by atoms with van der Waals surface area (Å²) in [5.74, 6) is -0.0335. The third-order valence-electron chi connectivity index (χ3n) is 3.35. The molecule has 0 aliphatic carbocycles. The first kappa shape index (κ1) is 15.7. The van der Waals surface area contributed by atoms with Crippen LogP contribution in [0.3, 0.4) is 0 Å². The SMILES string of the molecule is CCOC(=O)COc1ccc2c(=O)c(-c3ccccn3)coc2c1. The van der Waals surface area contributed by atoms with Crippen molar-refractivity contribution in [1.29, 1.82) is 0 Å². The van der Waals surface area contributed by atoms with E-state index in [0.717, 1.165) is 0 Å². The first-order valence-corrected chi connectivity index (χ1v) is 7.44. The maximum Gasteiger partial charge on any atom is 0.344 e. The van der Waals surface area contributed by atoms with Gasteiger partial charge in [-0.1, -0.05) is 6.07 Å². The van der Waals surface area contributed by atoms with E-state index in [0.29, 0.717) is 34.6 Å². The van der Waals surface area contributed by atoms with Crippen molar-refractivity contribution in [3.05, 3.63) is 59.1 Å². The lowest BCUT2D eigenvalue weighted by atomic mass is 10.1. The highest BCUT2D eigenvalue weighted by molar-refractivity contribution is 5.82. The van der Waals surface area contributed by atoms with E-state index in [1.54, 1.807) is 49.5 Å². The fourth-order valence-corrected chi connectivity index (χ4v) is 2.24. The van der Waals surface area contributed by atoms with Gasteiger partial charge < -0.3 is 13.9 Å². The zero-order chi connectivity index (χ0) is 16.9. The van der Waals surface area contributed by atoms with Gasteiger partial charge in [-0.05, 0) is 31.2 Å². The summed E-state index contributed by atoms with van der Waals surface area (Å²) in [6, 6.07) is 10.1. The third kappa shape index (κ3) is 3.27. The predicted octanol–water partition coefficient (Wildman–Crippen LogP) is 2.80. The van der Waals surface area contributed by atoms with Gasteiger partial charge in [-0.25, -0.2) is 4.79 Å². The van der Waals surface area contributed by atoms with E-state index in [2.05, 4.69) is 4.98 Å². The average Bonchev–Trinajstić information content (AvgIpc) is 2.61. The van der Waals surface area contributed by atoms with Gasteiger partial charge in [-0.15, -0.1) is 0 Å². The molecule has 0 aliphatic heterocycles. The lowest BCUT2D eigenvalue weighted by Crippen LogP contribution is -2.14. The van der Waals surface area contributed by atoms with Crippen LogP contribution in [0.2, 0.25) is 0 Å². The number of aromatic nitrogens is 1. The second-order valence-electron chi connectivity index (χ2n) is 4.95. The Kier molecular flexibility index (Phi) is 4.56. The normalized spacial score (nSPS) is 10.5. The fraction of sp³-hybridized carbons (Fsp3) is 0.167. The van der Waals surface area contributed by atoms with Crippen LogP contribution < -0.4 is 10.2 Å². The van der Waals surface area contributed by atoms with Crippen molar-refractivity contribution in [1.82, 2.24) is 4.98 Å². The van der Waals surface area contributed by atoms with Crippen LogP contribution in [0.4, 0.5) is 0 Å². The van der Waals surface area contributed by atoms with Crippen molar-refractivity contribution in [2.45, 2.75) is 6.92 Å². The molecule has 3 rings (SSSR count). The minimum atomic E-state index is -0.454.